The van der Waals surface area contributed by atoms with Gasteiger partial charge in [0.25, 0.3) is 10.0 Å². The van der Waals surface area contributed by atoms with Crippen LogP contribution < -0.4 is 14.4 Å². The number of sulfonamides is 1. The number of carbonyl (C=O) groups is 1. The first-order valence-corrected chi connectivity index (χ1v) is 12.2. The van der Waals surface area contributed by atoms with E-state index in [1.807, 2.05) is 0 Å². The van der Waals surface area contributed by atoms with Crippen molar-refractivity contribution in [1.29, 1.82) is 0 Å². The molecule has 0 radical (unpaired) electrons. The number of hydrogen-bond donors (Lipinski definition) is 2. The third-order valence-corrected chi connectivity index (χ3v) is 8.19. The maximum atomic E-state index is 13.6. The second-order valence-electron chi connectivity index (χ2n) is 6.89. The summed E-state index contributed by atoms with van der Waals surface area (Å²) in [6.45, 7) is 1.27. The molecule has 162 valence electrons. The Bertz CT molecular complexity index is 1150. The first-order chi connectivity index (χ1) is 14.0. The molecule has 1 amide bonds. The molecule has 0 aromatic heterocycles. The van der Waals surface area contributed by atoms with Crippen molar-refractivity contribution in [3.05, 3.63) is 48.5 Å². The molecule has 0 unspecified atom stereocenters. The maximum Gasteiger partial charge on any atom is 0.264 e. The highest BCUT2D eigenvalue weighted by Gasteiger charge is 2.45. The smallest absolute Gasteiger partial charge is 0.264 e. The van der Waals surface area contributed by atoms with Gasteiger partial charge < -0.3 is 15.2 Å². The fourth-order valence-corrected chi connectivity index (χ4v) is 6.94. The van der Waals surface area contributed by atoms with E-state index in [-0.39, 0.29) is 22.0 Å². The molecule has 30 heavy (non-hydrogen) atoms. The van der Waals surface area contributed by atoms with Gasteiger partial charge in [-0.1, -0.05) is 18.2 Å². The van der Waals surface area contributed by atoms with E-state index < -0.39 is 49.4 Å². The van der Waals surface area contributed by atoms with E-state index in [0.29, 0.717) is 0 Å². The average molecular weight is 455 g/mol. The van der Waals surface area contributed by atoms with E-state index in [1.54, 1.807) is 18.2 Å². The second-order valence-corrected chi connectivity index (χ2v) is 10.9. The Kier molecular flexibility index (Phi) is 6.06. The van der Waals surface area contributed by atoms with Crippen LogP contribution in [0.5, 0.6) is 5.75 Å². The molecule has 0 saturated carbocycles. The molecule has 3 rings (SSSR count). The molecule has 0 spiro atoms. The molecule has 2 aromatic carbocycles. The van der Waals surface area contributed by atoms with Crippen molar-refractivity contribution < 1.29 is 31.5 Å². The third kappa shape index (κ3) is 4.42. The predicted molar refractivity (Wildman–Crippen MR) is 112 cm³/mol. The summed E-state index contributed by atoms with van der Waals surface area (Å²) in [7, 11) is -6.53. The number of amides is 1. The molecule has 1 saturated heterocycles. The number of aliphatic hydroxyl groups is 1. The number of hydrogen-bond acceptors (Lipinski definition) is 7. The molecule has 1 aliphatic rings. The predicted octanol–water partition coefficient (Wildman–Crippen LogP) is 1.01. The Morgan fingerprint density at radius 3 is 2.37 bits per heavy atom. The molecule has 0 bridgehead atoms. The van der Waals surface area contributed by atoms with Crippen molar-refractivity contribution in [2.75, 3.05) is 28.2 Å². The molecule has 2 N–H and O–H groups in total. The van der Waals surface area contributed by atoms with Gasteiger partial charge in [-0.05, 0) is 30.3 Å². The van der Waals surface area contributed by atoms with Crippen LogP contribution in [0, 0.1) is 0 Å². The van der Waals surface area contributed by atoms with Gasteiger partial charge in [0.15, 0.2) is 9.84 Å². The van der Waals surface area contributed by atoms with Crippen molar-refractivity contribution >= 4 is 37.1 Å². The van der Waals surface area contributed by atoms with Crippen LogP contribution in [0.3, 0.4) is 0 Å². The number of rotatable bonds is 6. The lowest BCUT2D eigenvalue weighted by Gasteiger charge is -2.31. The number of methoxy groups -OCH3 is 1. The van der Waals surface area contributed by atoms with E-state index in [0.717, 1.165) is 4.31 Å². The minimum Gasteiger partial charge on any atom is -0.495 e. The number of anilines is 2. The van der Waals surface area contributed by atoms with Crippen LogP contribution in [-0.2, 0) is 24.7 Å². The van der Waals surface area contributed by atoms with E-state index in [2.05, 4.69) is 5.32 Å². The zero-order valence-corrected chi connectivity index (χ0v) is 18.0. The standard InChI is InChI=1S/C19H22N2O7S2/c1-13(22)20-16-10-15(8-9-19(16)28-2)30(26,27)21(14-6-4-3-5-7-14)17-11-29(24,25)12-18(17)23/h3-10,17-18,23H,11-12H2,1-2H3,(H,20,22)/t17-,18-/m0/s1. The Balaban J connectivity index is 2.15. The summed E-state index contributed by atoms with van der Waals surface area (Å²) >= 11 is 0. The first kappa shape index (κ1) is 22.1. The molecule has 0 aliphatic carbocycles. The highest BCUT2D eigenvalue weighted by atomic mass is 32.2. The van der Waals surface area contributed by atoms with Gasteiger partial charge in [-0.15, -0.1) is 0 Å². The van der Waals surface area contributed by atoms with Gasteiger partial charge in [-0.3, -0.25) is 9.10 Å². The maximum absolute atomic E-state index is 13.6. The number of aliphatic hydroxyl groups excluding tert-OH is 1. The molecular weight excluding hydrogens is 432 g/mol. The topological polar surface area (TPSA) is 130 Å². The SMILES string of the molecule is COc1ccc(S(=O)(=O)N(c2ccccc2)[C@H]2CS(=O)(=O)C[C@@H]2O)cc1NC(C)=O. The number of ether oxygens (including phenoxy) is 1. The van der Waals surface area contributed by atoms with Gasteiger partial charge in [-0.25, -0.2) is 16.8 Å². The van der Waals surface area contributed by atoms with Crippen LogP contribution in [0.1, 0.15) is 6.92 Å². The monoisotopic (exact) mass is 454 g/mol. The summed E-state index contributed by atoms with van der Waals surface area (Å²) in [5, 5.41) is 12.9. The average Bonchev–Trinajstić information content (AvgIpc) is 2.94. The number of nitrogens with zero attached hydrogens (tertiary/aromatic N) is 1. The van der Waals surface area contributed by atoms with E-state index >= 15 is 0 Å². The molecule has 11 heteroatoms. The van der Waals surface area contributed by atoms with Gasteiger partial charge >= 0.3 is 0 Å². The summed E-state index contributed by atoms with van der Waals surface area (Å²) in [4.78, 5) is 11.3. The Hall–Kier alpha value is -2.63. The molecule has 2 atom stereocenters. The third-order valence-electron chi connectivity index (χ3n) is 4.64. The highest BCUT2D eigenvalue weighted by molar-refractivity contribution is 7.93. The second kappa shape index (κ2) is 8.25. The quantitative estimate of drug-likeness (QED) is 0.666. The zero-order valence-electron chi connectivity index (χ0n) is 16.3. The van der Waals surface area contributed by atoms with Crippen LogP contribution in [0.4, 0.5) is 11.4 Å². The van der Waals surface area contributed by atoms with Crippen LogP contribution in [0.2, 0.25) is 0 Å². The number of carbonyl (C=O) groups excluding carboxylic acids is 1. The zero-order chi connectivity index (χ0) is 22.1. The number of para-hydroxylation sites is 1. The Labute approximate surface area is 175 Å². The van der Waals surface area contributed by atoms with Crippen LogP contribution >= 0.6 is 0 Å². The van der Waals surface area contributed by atoms with Crippen molar-refractivity contribution in [3.8, 4) is 5.75 Å². The minimum atomic E-state index is -4.30. The van der Waals surface area contributed by atoms with Gasteiger partial charge in [-0.2, -0.15) is 0 Å². The molecule has 1 aliphatic heterocycles. The normalized spacial score (nSPS) is 20.5. The van der Waals surface area contributed by atoms with Gasteiger partial charge in [0.2, 0.25) is 5.91 Å². The Morgan fingerprint density at radius 2 is 1.83 bits per heavy atom. The number of nitrogens with one attached hydrogen (secondary N) is 1. The van der Waals surface area contributed by atoms with Crippen molar-refractivity contribution in [2.24, 2.45) is 0 Å². The van der Waals surface area contributed by atoms with E-state index in [1.165, 1.54) is 44.4 Å². The van der Waals surface area contributed by atoms with Crippen LogP contribution in [0.15, 0.2) is 53.4 Å². The Morgan fingerprint density at radius 1 is 1.17 bits per heavy atom. The van der Waals surface area contributed by atoms with Crippen molar-refractivity contribution in [2.45, 2.75) is 24.0 Å². The van der Waals surface area contributed by atoms with Crippen LogP contribution in [-0.4, -0.2) is 58.6 Å². The summed E-state index contributed by atoms with van der Waals surface area (Å²) < 4.78 is 57.4. The molecule has 1 heterocycles. The molecule has 2 aromatic rings. The molecule has 9 nitrogen and oxygen atoms in total. The minimum absolute atomic E-state index is 0.152. The highest BCUT2D eigenvalue weighted by Crippen LogP contribution is 2.34. The van der Waals surface area contributed by atoms with E-state index in [4.69, 9.17) is 4.74 Å². The summed E-state index contributed by atoms with van der Waals surface area (Å²) in [6.07, 6.45) is -1.38. The number of benzene rings is 2. The van der Waals surface area contributed by atoms with Crippen molar-refractivity contribution in [3.63, 3.8) is 0 Å². The van der Waals surface area contributed by atoms with Crippen molar-refractivity contribution in [1.82, 2.24) is 0 Å². The largest absolute Gasteiger partial charge is 0.495 e. The summed E-state index contributed by atoms with van der Waals surface area (Å²) in [5.41, 5.74) is 0.370. The van der Waals surface area contributed by atoms with Gasteiger partial charge in [0.1, 0.15) is 5.75 Å². The van der Waals surface area contributed by atoms with Gasteiger partial charge in [0, 0.05) is 6.92 Å². The fraction of sp³-hybridized carbons (Fsp3) is 0.316. The molecular formula is C19H22N2O7S2. The summed E-state index contributed by atoms with van der Waals surface area (Å²) in [6, 6.07) is 10.7. The lowest BCUT2D eigenvalue weighted by molar-refractivity contribution is -0.114. The fourth-order valence-electron chi connectivity index (χ4n) is 3.37. The van der Waals surface area contributed by atoms with Gasteiger partial charge in [0.05, 0.1) is 47.0 Å². The van der Waals surface area contributed by atoms with E-state index in [9.17, 15) is 26.7 Å². The lowest BCUT2D eigenvalue weighted by atomic mass is 10.2. The number of sulfone groups is 1. The molecule has 1 fully saturated rings. The van der Waals surface area contributed by atoms with Crippen LogP contribution in [0.25, 0.3) is 0 Å². The first-order valence-electron chi connectivity index (χ1n) is 8.99. The lowest BCUT2D eigenvalue weighted by Crippen LogP contribution is -2.47. The summed E-state index contributed by atoms with van der Waals surface area (Å²) in [5.74, 6) is -1.17.